The van der Waals surface area contributed by atoms with Gasteiger partial charge in [-0.1, -0.05) is 24.3 Å². The first-order valence-corrected chi connectivity index (χ1v) is 11.9. The predicted molar refractivity (Wildman–Crippen MR) is 122 cm³/mol. The van der Waals surface area contributed by atoms with Crippen molar-refractivity contribution in [2.24, 2.45) is 11.3 Å². The zero-order valence-corrected chi connectivity index (χ0v) is 18.5. The van der Waals surface area contributed by atoms with Crippen molar-refractivity contribution in [3.63, 3.8) is 0 Å². The van der Waals surface area contributed by atoms with Crippen molar-refractivity contribution in [1.82, 2.24) is 25.1 Å². The van der Waals surface area contributed by atoms with Crippen LogP contribution in [0.5, 0.6) is 0 Å². The van der Waals surface area contributed by atoms with Crippen LogP contribution in [-0.4, -0.2) is 64.9 Å². The number of rotatable bonds is 4. The molecule has 1 amide bonds. The van der Waals surface area contributed by atoms with Crippen molar-refractivity contribution >= 4 is 5.91 Å². The summed E-state index contributed by atoms with van der Waals surface area (Å²) in [5, 5.41) is 3.49. The Morgan fingerprint density at radius 3 is 2.81 bits per heavy atom. The molecule has 0 saturated carbocycles. The molecule has 3 aliphatic heterocycles. The predicted octanol–water partition coefficient (Wildman–Crippen LogP) is 2.62. The Morgan fingerprint density at radius 1 is 1.16 bits per heavy atom. The van der Waals surface area contributed by atoms with Crippen LogP contribution in [0.15, 0.2) is 36.8 Å². The van der Waals surface area contributed by atoms with Crippen LogP contribution in [0.3, 0.4) is 0 Å². The lowest BCUT2D eigenvalue weighted by Crippen LogP contribution is -2.52. The van der Waals surface area contributed by atoms with E-state index in [-0.39, 0.29) is 11.3 Å². The first-order chi connectivity index (χ1) is 15.2. The standard InChI is InChI=1S/C25H35N5O/c31-24(12-23-14-27-19-28-23)30-16-22-5-2-1-4-21(22)13-25(18-30)8-3-11-29(17-25)15-20-6-9-26-10-7-20/h1-2,4-5,14,19-20,26H,3,6-13,15-18H2,(H,27,28). The normalized spacial score (nSPS) is 25.4. The van der Waals surface area contributed by atoms with Gasteiger partial charge in [-0.3, -0.25) is 4.79 Å². The minimum Gasteiger partial charge on any atom is -0.348 e. The van der Waals surface area contributed by atoms with E-state index in [0.717, 1.165) is 50.8 Å². The maximum absolute atomic E-state index is 13.3. The first-order valence-electron chi connectivity index (χ1n) is 11.9. The highest BCUT2D eigenvalue weighted by atomic mass is 16.2. The van der Waals surface area contributed by atoms with Gasteiger partial charge >= 0.3 is 0 Å². The summed E-state index contributed by atoms with van der Waals surface area (Å²) in [4.78, 5) is 25.3. The molecule has 4 heterocycles. The van der Waals surface area contributed by atoms with Crippen LogP contribution in [0.25, 0.3) is 0 Å². The largest absolute Gasteiger partial charge is 0.348 e. The lowest BCUT2D eigenvalue weighted by atomic mass is 9.74. The van der Waals surface area contributed by atoms with Crippen LogP contribution in [0.4, 0.5) is 0 Å². The van der Waals surface area contributed by atoms with Gasteiger partial charge in [-0.25, -0.2) is 4.98 Å². The Labute approximate surface area is 185 Å². The molecular weight excluding hydrogens is 386 g/mol. The van der Waals surface area contributed by atoms with Gasteiger partial charge in [-0.15, -0.1) is 0 Å². The van der Waals surface area contributed by atoms with E-state index in [2.05, 4.69) is 49.4 Å². The average molecular weight is 422 g/mol. The number of aromatic nitrogens is 2. The molecule has 1 unspecified atom stereocenters. The van der Waals surface area contributed by atoms with Crippen molar-refractivity contribution < 1.29 is 4.79 Å². The molecular formula is C25H35N5O. The molecule has 31 heavy (non-hydrogen) atoms. The second kappa shape index (κ2) is 9.13. The summed E-state index contributed by atoms with van der Waals surface area (Å²) in [6.07, 6.45) is 9.93. The van der Waals surface area contributed by atoms with E-state index in [1.165, 1.54) is 49.9 Å². The lowest BCUT2D eigenvalue weighted by molar-refractivity contribution is -0.133. The Hall–Kier alpha value is -2.18. The molecule has 0 aliphatic carbocycles. The molecule has 3 aliphatic rings. The van der Waals surface area contributed by atoms with Crippen LogP contribution in [0.1, 0.15) is 42.5 Å². The maximum atomic E-state index is 13.3. The van der Waals surface area contributed by atoms with E-state index in [1.807, 2.05) is 0 Å². The van der Waals surface area contributed by atoms with Gasteiger partial charge in [0, 0.05) is 43.5 Å². The summed E-state index contributed by atoms with van der Waals surface area (Å²) in [6, 6.07) is 8.76. The number of aromatic amines is 1. The van der Waals surface area contributed by atoms with Gasteiger partial charge in [-0.2, -0.15) is 0 Å². The quantitative estimate of drug-likeness (QED) is 0.797. The molecule has 2 N–H and O–H groups in total. The van der Waals surface area contributed by atoms with Crippen molar-refractivity contribution in [2.45, 2.75) is 45.1 Å². The van der Waals surface area contributed by atoms with Crippen LogP contribution in [0.2, 0.25) is 0 Å². The third kappa shape index (κ3) is 4.85. The summed E-state index contributed by atoms with van der Waals surface area (Å²) in [5.74, 6) is 1.02. The van der Waals surface area contributed by atoms with Gasteiger partial charge in [0.1, 0.15) is 0 Å². The highest BCUT2D eigenvalue weighted by molar-refractivity contribution is 5.78. The third-order valence-corrected chi connectivity index (χ3v) is 7.54. The number of hydrogen-bond acceptors (Lipinski definition) is 4. The number of fused-ring (bicyclic) bond motifs is 1. The third-order valence-electron chi connectivity index (χ3n) is 7.54. The fourth-order valence-corrected chi connectivity index (χ4v) is 6.01. The molecule has 1 aromatic heterocycles. The summed E-state index contributed by atoms with van der Waals surface area (Å²) in [6.45, 7) is 7.43. The fraction of sp³-hybridized carbons (Fsp3) is 0.600. The second-order valence-electron chi connectivity index (χ2n) is 9.98. The molecule has 1 atom stereocenters. The minimum atomic E-state index is 0.154. The van der Waals surface area contributed by atoms with Gasteiger partial charge in [-0.05, 0) is 68.8 Å². The van der Waals surface area contributed by atoms with Crippen LogP contribution in [0, 0.1) is 11.3 Å². The van der Waals surface area contributed by atoms with Gasteiger partial charge in [0.2, 0.25) is 5.91 Å². The van der Waals surface area contributed by atoms with Crippen molar-refractivity contribution in [2.75, 3.05) is 39.3 Å². The van der Waals surface area contributed by atoms with Crippen LogP contribution < -0.4 is 5.32 Å². The number of hydrogen-bond donors (Lipinski definition) is 2. The van der Waals surface area contributed by atoms with Gasteiger partial charge in [0.15, 0.2) is 0 Å². The van der Waals surface area contributed by atoms with Gasteiger partial charge in [0.25, 0.3) is 0 Å². The molecule has 0 bridgehead atoms. The number of nitrogens with one attached hydrogen (secondary N) is 2. The number of carbonyl (C=O) groups excluding carboxylic acids is 1. The molecule has 1 aromatic carbocycles. The summed E-state index contributed by atoms with van der Waals surface area (Å²) in [7, 11) is 0. The van der Waals surface area contributed by atoms with Crippen molar-refractivity contribution in [3.8, 4) is 0 Å². The fourth-order valence-electron chi connectivity index (χ4n) is 6.01. The summed E-state index contributed by atoms with van der Waals surface area (Å²) < 4.78 is 0. The van der Waals surface area contributed by atoms with Crippen LogP contribution in [-0.2, 0) is 24.2 Å². The number of H-pyrrole nitrogens is 1. The molecule has 6 nitrogen and oxygen atoms in total. The molecule has 1 spiro atoms. The molecule has 166 valence electrons. The van der Waals surface area contributed by atoms with E-state index >= 15 is 0 Å². The SMILES string of the molecule is O=C(Cc1cnc[nH]1)N1Cc2ccccc2CC2(CCCN(CC3CCNCC3)C2)C1. The maximum Gasteiger partial charge on any atom is 0.228 e. The topological polar surface area (TPSA) is 64.3 Å². The first kappa shape index (κ1) is 20.7. The van der Waals surface area contributed by atoms with Crippen molar-refractivity contribution in [1.29, 1.82) is 0 Å². The van der Waals surface area contributed by atoms with E-state index in [9.17, 15) is 4.79 Å². The van der Waals surface area contributed by atoms with Gasteiger partial charge < -0.3 is 20.1 Å². The second-order valence-corrected chi connectivity index (χ2v) is 9.98. The van der Waals surface area contributed by atoms with Crippen LogP contribution >= 0.6 is 0 Å². The zero-order valence-electron chi connectivity index (χ0n) is 18.5. The summed E-state index contributed by atoms with van der Waals surface area (Å²) >= 11 is 0. The Kier molecular flexibility index (Phi) is 6.10. The molecule has 2 fully saturated rings. The molecule has 0 radical (unpaired) electrons. The molecule has 6 heteroatoms. The number of piperidine rings is 2. The highest BCUT2D eigenvalue weighted by Crippen LogP contribution is 2.39. The number of likely N-dealkylation sites (tertiary alicyclic amines) is 1. The zero-order chi connectivity index (χ0) is 21.1. The van der Waals surface area contributed by atoms with E-state index in [4.69, 9.17) is 0 Å². The smallest absolute Gasteiger partial charge is 0.228 e. The number of nitrogens with zero attached hydrogens (tertiary/aromatic N) is 3. The average Bonchev–Trinajstić information content (AvgIpc) is 3.23. The number of imidazole rings is 1. The van der Waals surface area contributed by atoms with E-state index in [0.29, 0.717) is 6.42 Å². The summed E-state index contributed by atoms with van der Waals surface area (Å²) in [5.41, 5.74) is 3.80. The van der Waals surface area contributed by atoms with E-state index < -0.39 is 0 Å². The lowest BCUT2D eigenvalue weighted by Gasteiger charge is -2.45. The van der Waals surface area contributed by atoms with E-state index in [1.54, 1.807) is 12.5 Å². The monoisotopic (exact) mass is 421 g/mol. The Balaban J connectivity index is 1.36. The molecule has 5 rings (SSSR count). The minimum absolute atomic E-state index is 0.154. The van der Waals surface area contributed by atoms with Crippen molar-refractivity contribution in [3.05, 3.63) is 53.6 Å². The highest BCUT2D eigenvalue weighted by Gasteiger charge is 2.41. The number of amides is 1. The number of benzene rings is 1. The number of carbonyl (C=O) groups is 1. The molecule has 2 saturated heterocycles. The Morgan fingerprint density at radius 2 is 2.00 bits per heavy atom. The van der Waals surface area contributed by atoms with Gasteiger partial charge in [0.05, 0.1) is 12.7 Å². The molecule has 2 aromatic rings. The Bertz CT molecular complexity index is 876.